The second-order valence-electron chi connectivity index (χ2n) is 4.75. The van der Waals surface area contributed by atoms with E-state index in [9.17, 15) is 0 Å². The molecule has 1 aromatic heterocycles. The van der Waals surface area contributed by atoms with Crippen LogP contribution < -0.4 is 10.6 Å². The van der Waals surface area contributed by atoms with Gasteiger partial charge in [0, 0.05) is 29.9 Å². The maximum atomic E-state index is 5.79. The molecule has 0 radical (unpaired) electrons. The number of fused-ring (bicyclic) bond motifs is 1. The van der Waals surface area contributed by atoms with E-state index in [0.29, 0.717) is 6.04 Å². The molecule has 2 rings (SSSR count). The lowest BCUT2D eigenvalue weighted by Gasteiger charge is -2.28. The molecule has 0 aliphatic heterocycles. The van der Waals surface area contributed by atoms with E-state index in [2.05, 4.69) is 37.3 Å². The summed E-state index contributed by atoms with van der Waals surface area (Å²) in [6.07, 6.45) is 3.27. The quantitative estimate of drug-likeness (QED) is 0.849. The van der Waals surface area contributed by atoms with Gasteiger partial charge in [0.15, 0.2) is 0 Å². The lowest BCUT2D eigenvalue weighted by molar-refractivity contribution is 0.667. The van der Waals surface area contributed by atoms with Crippen LogP contribution in [0.1, 0.15) is 13.3 Å². The second kappa shape index (κ2) is 6.15. The van der Waals surface area contributed by atoms with Gasteiger partial charge in [0.25, 0.3) is 0 Å². The van der Waals surface area contributed by atoms with Crippen molar-refractivity contribution in [3.05, 3.63) is 30.3 Å². The van der Waals surface area contributed by atoms with Gasteiger partial charge in [-0.05, 0) is 43.0 Å². The zero-order chi connectivity index (χ0) is 13.8. The van der Waals surface area contributed by atoms with Gasteiger partial charge in [-0.3, -0.25) is 0 Å². The van der Waals surface area contributed by atoms with Crippen LogP contribution in [0.5, 0.6) is 0 Å². The lowest BCUT2D eigenvalue weighted by Crippen LogP contribution is -2.33. The molecular weight excluding hydrogens is 254 g/mol. The number of anilines is 2. The molecule has 0 saturated carbocycles. The number of thioether (sulfide) groups is 1. The number of benzene rings is 1. The Labute approximate surface area is 119 Å². The highest BCUT2D eigenvalue weighted by Crippen LogP contribution is 2.22. The van der Waals surface area contributed by atoms with Crippen LogP contribution in [-0.4, -0.2) is 30.1 Å². The number of pyridine rings is 1. The fourth-order valence-electron chi connectivity index (χ4n) is 2.21. The Morgan fingerprint density at radius 3 is 2.79 bits per heavy atom. The maximum Gasteiger partial charge on any atom is 0.129 e. The molecule has 3 nitrogen and oxygen atoms in total. The molecule has 0 fully saturated rings. The van der Waals surface area contributed by atoms with Crippen LogP contribution in [0, 0.1) is 0 Å². The molecule has 1 aromatic carbocycles. The van der Waals surface area contributed by atoms with Crippen molar-refractivity contribution < 1.29 is 0 Å². The second-order valence-corrected chi connectivity index (χ2v) is 5.66. The van der Waals surface area contributed by atoms with Gasteiger partial charge in [0.1, 0.15) is 5.82 Å². The van der Waals surface area contributed by atoms with E-state index in [1.807, 2.05) is 30.0 Å². The van der Waals surface area contributed by atoms with E-state index >= 15 is 0 Å². The number of nitrogens with zero attached hydrogens (tertiary/aromatic N) is 2. The fraction of sp³-hybridized carbons (Fsp3) is 0.400. The number of aromatic nitrogens is 1. The smallest absolute Gasteiger partial charge is 0.129 e. The number of rotatable bonds is 5. The Kier molecular flexibility index (Phi) is 4.53. The van der Waals surface area contributed by atoms with Crippen LogP contribution in [0.4, 0.5) is 11.5 Å². The third kappa shape index (κ3) is 3.13. The van der Waals surface area contributed by atoms with Crippen molar-refractivity contribution in [3.63, 3.8) is 0 Å². The molecule has 1 unspecified atom stereocenters. The average molecular weight is 275 g/mol. The van der Waals surface area contributed by atoms with Crippen molar-refractivity contribution in [2.24, 2.45) is 0 Å². The molecule has 1 heterocycles. The molecule has 4 heteroatoms. The normalized spacial score (nSPS) is 12.6. The predicted octanol–water partition coefficient (Wildman–Crippen LogP) is 3.39. The Hall–Kier alpha value is -1.42. The molecule has 0 amide bonds. The van der Waals surface area contributed by atoms with Crippen LogP contribution >= 0.6 is 11.8 Å². The molecular formula is C15H21N3S. The van der Waals surface area contributed by atoms with Gasteiger partial charge in [-0.25, -0.2) is 4.98 Å². The molecule has 0 saturated heterocycles. The van der Waals surface area contributed by atoms with Crippen LogP contribution in [0.25, 0.3) is 10.9 Å². The van der Waals surface area contributed by atoms with Crippen LogP contribution in [0.15, 0.2) is 30.3 Å². The monoisotopic (exact) mass is 275 g/mol. The highest BCUT2D eigenvalue weighted by Gasteiger charge is 2.14. The first-order chi connectivity index (χ1) is 9.15. The summed E-state index contributed by atoms with van der Waals surface area (Å²) in [6.45, 7) is 2.22. The lowest BCUT2D eigenvalue weighted by atomic mass is 10.2. The van der Waals surface area contributed by atoms with E-state index in [1.165, 1.54) is 0 Å². The molecule has 2 N–H and O–H groups in total. The summed E-state index contributed by atoms with van der Waals surface area (Å²) in [7, 11) is 2.12. The van der Waals surface area contributed by atoms with Crippen molar-refractivity contribution in [2.45, 2.75) is 19.4 Å². The van der Waals surface area contributed by atoms with E-state index in [-0.39, 0.29) is 0 Å². The van der Waals surface area contributed by atoms with Gasteiger partial charge in [-0.2, -0.15) is 11.8 Å². The van der Waals surface area contributed by atoms with Crippen LogP contribution in [0.3, 0.4) is 0 Å². The topological polar surface area (TPSA) is 42.1 Å². The highest BCUT2D eigenvalue weighted by atomic mass is 32.2. The van der Waals surface area contributed by atoms with E-state index in [4.69, 9.17) is 10.7 Å². The molecule has 0 aliphatic rings. The molecule has 0 aliphatic carbocycles. The predicted molar refractivity (Wildman–Crippen MR) is 87.0 cm³/mol. The van der Waals surface area contributed by atoms with Gasteiger partial charge in [0.05, 0.1) is 5.52 Å². The molecule has 102 valence electrons. The molecule has 19 heavy (non-hydrogen) atoms. The number of nitrogen functional groups attached to an aromatic ring is 1. The first-order valence-electron chi connectivity index (χ1n) is 6.53. The highest BCUT2D eigenvalue weighted by molar-refractivity contribution is 7.98. The minimum absolute atomic E-state index is 0.522. The summed E-state index contributed by atoms with van der Waals surface area (Å²) in [4.78, 5) is 7.00. The fourth-order valence-corrected chi connectivity index (χ4v) is 3.06. The van der Waals surface area contributed by atoms with E-state index in [0.717, 1.165) is 34.6 Å². The third-order valence-electron chi connectivity index (χ3n) is 3.44. The van der Waals surface area contributed by atoms with Gasteiger partial charge in [-0.1, -0.05) is 6.92 Å². The van der Waals surface area contributed by atoms with Crippen molar-refractivity contribution in [1.82, 2.24) is 4.98 Å². The zero-order valence-electron chi connectivity index (χ0n) is 11.8. The van der Waals surface area contributed by atoms with Gasteiger partial charge in [-0.15, -0.1) is 0 Å². The summed E-state index contributed by atoms with van der Waals surface area (Å²) in [5.41, 5.74) is 7.57. The SMILES string of the molecule is CCC(CSC)N(C)c1ccc2cc(N)ccc2n1. The van der Waals surface area contributed by atoms with E-state index < -0.39 is 0 Å². The Bertz CT molecular complexity index is 556. The molecule has 0 bridgehead atoms. The van der Waals surface area contributed by atoms with E-state index in [1.54, 1.807) is 0 Å². The minimum Gasteiger partial charge on any atom is -0.399 e. The van der Waals surface area contributed by atoms with Crippen LogP contribution in [-0.2, 0) is 0 Å². The summed E-state index contributed by atoms with van der Waals surface area (Å²) in [5, 5.41) is 1.09. The largest absolute Gasteiger partial charge is 0.399 e. The maximum absolute atomic E-state index is 5.79. The summed E-state index contributed by atoms with van der Waals surface area (Å²) in [5.74, 6) is 2.15. The standard InChI is InChI=1S/C15H21N3S/c1-4-13(10-19-3)18(2)15-8-5-11-9-12(16)6-7-14(11)17-15/h5-9,13H,4,10,16H2,1-3H3. The first kappa shape index (κ1) is 14.0. The average Bonchev–Trinajstić information content (AvgIpc) is 2.43. The van der Waals surface area contributed by atoms with Gasteiger partial charge < -0.3 is 10.6 Å². The number of hydrogen-bond acceptors (Lipinski definition) is 4. The number of nitrogens with two attached hydrogens (primary N) is 1. The first-order valence-corrected chi connectivity index (χ1v) is 7.93. The Morgan fingerprint density at radius 2 is 2.11 bits per heavy atom. The van der Waals surface area contributed by atoms with Crippen molar-refractivity contribution in [2.75, 3.05) is 29.7 Å². The van der Waals surface area contributed by atoms with Crippen molar-refractivity contribution >= 4 is 34.2 Å². The van der Waals surface area contributed by atoms with Crippen LogP contribution in [0.2, 0.25) is 0 Å². The van der Waals surface area contributed by atoms with Crippen molar-refractivity contribution in [1.29, 1.82) is 0 Å². The Balaban J connectivity index is 2.32. The minimum atomic E-state index is 0.522. The summed E-state index contributed by atoms with van der Waals surface area (Å²) < 4.78 is 0. The summed E-state index contributed by atoms with van der Waals surface area (Å²) in [6, 6.07) is 10.5. The van der Waals surface area contributed by atoms with Gasteiger partial charge in [0.2, 0.25) is 0 Å². The number of hydrogen-bond donors (Lipinski definition) is 1. The molecule has 1 atom stereocenters. The Morgan fingerprint density at radius 1 is 1.32 bits per heavy atom. The van der Waals surface area contributed by atoms with Crippen molar-refractivity contribution in [3.8, 4) is 0 Å². The van der Waals surface area contributed by atoms with Gasteiger partial charge >= 0.3 is 0 Å². The zero-order valence-corrected chi connectivity index (χ0v) is 12.6. The summed E-state index contributed by atoms with van der Waals surface area (Å²) >= 11 is 1.88. The third-order valence-corrected chi connectivity index (χ3v) is 4.16. The molecule has 2 aromatic rings. The molecule has 0 spiro atoms.